The highest BCUT2D eigenvalue weighted by molar-refractivity contribution is 5.46. The average Bonchev–Trinajstić information content (AvgIpc) is 2.45. The predicted molar refractivity (Wildman–Crippen MR) is 82.2 cm³/mol. The lowest BCUT2D eigenvalue weighted by Crippen LogP contribution is -2.26. The van der Waals surface area contributed by atoms with Crippen molar-refractivity contribution in [3.8, 4) is 0 Å². The van der Waals surface area contributed by atoms with Gasteiger partial charge in [0.05, 0.1) is 31.6 Å². The van der Waals surface area contributed by atoms with Gasteiger partial charge in [-0.2, -0.15) is 0 Å². The topological polar surface area (TPSA) is 50.7 Å². The molecule has 1 rings (SSSR count). The van der Waals surface area contributed by atoms with Crippen LogP contribution in [0.2, 0.25) is 0 Å². The lowest BCUT2D eigenvalue weighted by atomic mass is 10.2. The average molecular weight is 299 g/mol. The van der Waals surface area contributed by atoms with Gasteiger partial charge in [0.1, 0.15) is 5.82 Å². The van der Waals surface area contributed by atoms with Gasteiger partial charge in [-0.15, -0.1) is 0 Å². The lowest BCUT2D eigenvalue weighted by Gasteiger charge is -2.14. The van der Waals surface area contributed by atoms with Crippen molar-refractivity contribution in [1.29, 1.82) is 0 Å². The smallest absolute Gasteiger partial charge is 0.146 e. The van der Waals surface area contributed by atoms with Crippen LogP contribution < -0.4 is 5.32 Å². The van der Waals surface area contributed by atoms with Gasteiger partial charge in [0, 0.05) is 13.2 Å². The van der Waals surface area contributed by atoms with E-state index >= 15 is 0 Å². The minimum absolute atomic E-state index is 0.206. The summed E-state index contributed by atoms with van der Waals surface area (Å²) in [6.07, 6.45) is 1.48. The molecule has 0 saturated heterocycles. The SMILES string of the molecule is CCCCOCCOCC(O)CNc1ccc(C)cc1F. The first-order valence-corrected chi connectivity index (χ1v) is 7.47. The van der Waals surface area contributed by atoms with Gasteiger partial charge in [0.15, 0.2) is 0 Å². The van der Waals surface area contributed by atoms with Crippen LogP contribution in [0.15, 0.2) is 18.2 Å². The minimum atomic E-state index is -0.679. The normalized spacial score (nSPS) is 12.4. The van der Waals surface area contributed by atoms with Gasteiger partial charge in [0.25, 0.3) is 0 Å². The van der Waals surface area contributed by atoms with Crippen LogP contribution in [0.5, 0.6) is 0 Å². The third kappa shape index (κ3) is 7.99. The Balaban J connectivity index is 2.09. The maximum atomic E-state index is 13.6. The Kier molecular flexibility index (Phi) is 8.98. The number of aliphatic hydroxyl groups is 1. The molecule has 0 amide bonds. The summed E-state index contributed by atoms with van der Waals surface area (Å²) < 4.78 is 24.2. The molecule has 0 saturated carbocycles. The Labute approximate surface area is 126 Å². The largest absolute Gasteiger partial charge is 0.389 e. The van der Waals surface area contributed by atoms with Crippen molar-refractivity contribution in [3.63, 3.8) is 0 Å². The van der Waals surface area contributed by atoms with Crippen molar-refractivity contribution in [2.45, 2.75) is 32.8 Å². The van der Waals surface area contributed by atoms with E-state index in [4.69, 9.17) is 9.47 Å². The molecular weight excluding hydrogens is 273 g/mol. The number of rotatable bonds is 11. The zero-order valence-electron chi connectivity index (χ0n) is 12.9. The highest BCUT2D eigenvalue weighted by atomic mass is 19.1. The van der Waals surface area contributed by atoms with Gasteiger partial charge in [-0.05, 0) is 31.0 Å². The highest BCUT2D eigenvalue weighted by Gasteiger charge is 2.07. The Morgan fingerprint density at radius 1 is 1.24 bits per heavy atom. The van der Waals surface area contributed by atoms with Crippen LogP contribution in [0.25, 0.3) is 0 Å². The molecule has 2 N–H and O–H groups in total. The summed E-state index contributed by atoms with van der Waals surface area (Å²) in [6, 6.07) is 4.95. The third-order valence-corrected chi connectivity index (χ3v) is 2.98. The van der Waals surface area contributed by atoms with E-state index in [2.05, 4.69) is 12.2 Å². The van der Waals surface area contributed by atoms with Crippen LogP contribution in [-0.2, 0) is 9.47 Å². The minimum Gasteiger partial charge on any atom is -0.389 e. The monoisotopic (exact) mass is 299 g/mol. The van der Waals surface area contributed by atoms with E-state index in [1.54, 1.807) is 6.07 Å². The molecule has 1 unspecified atom stereocenters. The van der Waals surface area contributed by atoms with E-state index in [0.717, 1.165) is 25.0 Å². The second kappa shape index (κ2) is 10.5. The number of hydrogen-bond donors (Lipinski definition) is 2. The molecule has 21 heavy (non-hydrogen) atoms. The molecule has 0 bridgehead atoms. The van der Waals surface area contributed by atoms with Crippen molar-refractivity contribution in [1.82, 2.24) is 0 Å². The fourth-order valence-electron chi connectivity index (χ4n) is 1.74. The predicted octanol–water partition coefficient (Wildman–Crippen LogP) is 2.74. The van der Waals surface area contributed by atoms with Gasteiger partial charge in [-0.1, -0.05) is 19.4 Å². The van der Waals surface area contributed by atoms with Gasteiger partial charge >= 0.3 is 0 Å². The number of aryl methyl sites for hydroxylation is 1. The number of hydrogen-bond acceptors (Lipinski definition) is 4. The molecule has 1 aromatic rings. The number of anilines is 1. The number of aliphatic hydroxyl groups excluding tert-OH is 1. The van der Waals surface area contributed by atoms with E-state index in [0.29, 0.717) is 18.9 Å². The van der Waals surface area contributed by atoms with Crippen molar-refractivity contribution in [2.24, 2.45) is 0 Å². The van der Waals surface area contributed by atoms with Crippen LogP contribution in [0.3, 0.4) is 0 Å². The summed E-state index contributed by atoms with van der Waals surface area (Å²) in [4.78, 5) is 0. The quantitative estimate of drug-likeness (QED) is 0.617. The molecular formula is C16H26FNO3. The Hall–Kier alpha value is -1.17. The molecule has 0 heterocycles. The maximum absolute atomic E-state index is 13.6. The first-order chi connectivity index (χ1) is 10.1. The number of nitrogens with one attached hydrogen (secondary N) is 1. The number of unbranched alkanes of at least 4 members (excludes halogenated alkanes) is 1. The summed E-state index contributed by atoms with van der Waals surface area (Å²) in [6.45, 7) is 6.13. The van der Waals surface area contributed by atoms with E-state index in [9.17, 15) is 9.50 Å². The van der Waals surface area contributed by atoms with E-state index in [1.807, 2.05) is 13.0 Å². The van der Waals surface area contributed by atoms with Crippen LogP contribution in [-0.4, -0.2) is 44.2 Å². The molecule has 0 aromatic heterocycles. The molecule has 120 valence electrons. The molecule has 1 atom stereocenters. The van der Waals surface area contributed by atoms with Gasteiger partial charge < -0.3 is 19.9 Å². The van der Waals surface area contributed by atoms with Crippen LogP contribution in [0.1, 0.15) is 25.3 Å². The molecule has 0 aliphatic rings. The van der Waals surface area contributed by atoms with Gasteiger partial charge in [-0.25, -0.2) is 4.39 Å². The highest BCUT2D eigenvalue weighted by Crippen LogP contribution is 2.14. The second-order valence-corrected chi connectivity index (χ2v) is 5.06. The summed E-state index contributed by atoms with van der Waals surface area (Å²) in [5.74, 6) is -0.313. The summed E-state index contributed by atoms with van der Waals surface area (Å²) in [7, 11) is 0. The Morgan fingerprint density at radius 3 is 2.71 bits per heavy atom. The molecule has 0 radical (unpaired) electrons. The van der Waals surface area contributed by atoms with Crippen molar-refractivity contribution in [2.75, 3.05) is 38.3 Å². The zero-order chi connectivity index (χ0) is 15.5. The summed E-state index contributed by atoms with van der Waals surface area (Å²) in [5, 5.41) is 12.6. The van der Waals surface area contributed by atoms with E-state index in [1.165, 1.54) is 6.07 Å². The lowest BCUT2D eigenvalue weighted by molar-refractivity contribution is 0.00748. The van der Waals surface area contributed by atoms with Crippen LogP contribution >= 0.6 is 0 Å². The zero-order valence-corrected chi connectivity index (χ0v) is 12.9. The molecule has 1 aromatic carbocycles. The van der Waals surface area contributed by atoms with Crippen molar-refractivity contribution < 1.29 is 19.0 Å². The summed E-state index contributed by atoms with van der Waals surface area (Å²) >= 11 is 0. The van der Waals surface area contributed by atoms with Gasteiger partial charge in [-0.3, -0.25) is 0 Å². The maximum Gasteiger partial charge on any atom is 0.146 e. The van der Waals surface area contributed by atoms with Crippen LogP contribution in [0.4, 0.5) is 10.1 Å². The molecule has 0 aliphatic carbocycles. The fourth-order valence-corrected chi connectivity index (χ4v) is 1.74. The fraction of sp³-hybridized carbons (Fsp3) is 0.625. The van der Waals surface area contributed by atoms with Gasteiger partial charge in [0.2, 0.25) is 0 Å². The number of halogens is 1. The second-order valence-electron chi connectivity index (χ2n) is 5.06. The standard InChI is InChI=1S/C16H26FNO3/c1-3-4-7-20-8-9-21-12-14(19)11-18-16-6-5-13(2)10-15(16)17/h5-6,10,14,18-19H,3-4,7-9,11-12H2,1-2H3. The number of benzene rings is 1. The molecule has 0 aliphatic heterocycles. The first kappa shape index (κ1) is 17.9. The van der Waals surface area contributed by atoms with E-state index in [-0.39, 0.29) is 19.0 Å². The van der Waals surface area contributed by atoms with Crippen molar-refractivity contribution >= 4 is 5.69 Å². The Morgan fingerprint density at radius 2 is 2.00 bits per heavy atom. The molecule has 4 nitrogen and oxygen atoms in total. The third-order valence-electron chi connectivity index (χ3n) is 2.98. The Bertz CT molecular complexity index is 401. The molecule has 5 heteroatoms. The van der Waals surface area contributed by atoms with Crippen molar-refractivity contribution in [3.05, 3.63) is 29.6 Å². The molecule has 0 fully saturated rings. The summed E-state index contributed by atoms with van der Waals surface area (Å²) in [5.41, 5.74) is 1.26. The number of ether oxygens (including phenoxy) is 2. The first-order valence-electron chi connectivity index (χ1n) is 7.47. The van der Waals surface area contributed by atoms with Crippen LogP contribution in [0, 0.1) is 12.7 Å². The van der Waals surface area contributed by atoms with E-state index < -0.39 is 6.10 Å². The molecule has 0 spiro atoms.